The van der Waals surface area contributed by atoms with Gasteiger partial charge >= 0.3 is 0 Å². The third-order valence-corrected chi connectivity index (χ3v) is 4.25. The highest BCUT2D eigenvalue weighted by Gasteiger charge is 2.13. The Balaban J connectivity index is 1.69. The number of fused-ring (bicyclic) bond motifs is 1. The quantitative estimate of drug-likeness (QED) is 0.849. The van der Waals surface area contributed by atoms with Crippen molar-refractivity contribution in [3.8, 4) is 5.75 Å². The molecular weight excluding hydrogens is 250 g/mol. The van der Waals surface area contributed by atoms with E-state index in [0.717, 1.165) is 18.8 Å². The van der Waals surface area contributed by atoms with Gasteiger partial charge in [-0.25, -0.2) is 0 Å². The van der Waals surface area contributed by atoms with Gasteiger partial charge in [0, 0.05) is 50.9 Å². The standard InChI is InChI=1S/C16H23N3O/c1-17-8-10-18(11-9-17)12-13-19-7-6-14-15(19)4-3-5-16(14)20-2/h3-7H,8-13H2,1-2H3. The molecule has 1 aromatic carbocycles. The molecule has 0 amide bonds. The Morgan fingerprint density at radius 1 is 1.05 bits per heavy atom. The second-order valence-electron chi connectivity index (χ2n) is 5.55. The van der Waals surface area contributed by atoms with Gasteiger partial charge < -0.3 is 14.2 Å². The van der Waals surface area contributed by atoms with E-state index in [2.05, 4.69) is 45.8 Å². The number of aromatic nitrogens is 1. The number of ether oxygens (including phenoxy) is 1. The average Bonchev–Trinajstić information content (AvgIpc) is 2.90. The number of piperazine rings is 1. The molecule has 0 saturated carbocycles. The van der Waals surface area contributed by atoms with Gasteiger partial charge in [0.1, 0.15) is 5.75 Å². The molecule has 1 aromatic heterocycles. The maximum Gasteiger partial charge on any atom is 0.128 e. The fraction of sp³-hybridized carbons (Fsp3) is 0.500. The van der Waals surface area contributed by atoms with Crippen molar-refractivity contribution in [1.82, 2.24) is 14.4 Å². The number of rotatable bonds is 4. The molecule has 3 rings (SSSR count). The number of methoxy groups -OCH3 is 1. The molecule has 0 N–H and O–H groups in total. The predicted molar refractivity (Wildman–Crippen MR) is 82.4 cm³/mol. The molecule has 20 heavy (non-hydrogen) atoms. The normalized spacial score (nSPS) is 17.7. The molecule has 4 heteroatoms. The summed E-state index contributed by atoms with van der Waals surface area (Å²) in [5, 5.41) is 1.20. The van der Waals surface area contributed by atoms with E-state index in [1.165, 1.54) is 37.1 Å². The third-order valence-electron chi connectivity index (χ3n) is 4.25. The summed E-state index contributed by atoms with van der Waals surface area (Å²) in [7, 11) is 3.93. The topological polar surface area (TPSA) is 20.6 Å². The minimum atomic E-state index is 0.959. The Morgan fingerprint density at radius 2 is 1.85 bits per heavy atom. The van der Waals surface area contributed by atoms with E-state index in [9.17, 15) is 0 Å². The number of nitrogens with zero attached hydrogens (tertiary/aromatic N) is 3. The smallest absolute Gasteiger partial charge is 0.128 e. The maximum absolute atomic E-state index is 5.42. The molecule has 0 atom stereocenters. The van der Waals surface area contributed by atoms with Gasteiger partial charge in [-0.05, 0) is 25.2 Å². The van der Waals surface area contributed by atoms with Crippen LogP contribution < -0.4 is 4.74 Å². The van der Waals surface area contributed by atoms with Crippen LogP contribution in [0.1, 0.15) is 0 Å². The largest absolute Gasteiger partial charge is 0.496 e. The minimum Gasteiger partial charge on any atom is -0.496 e. The van der Waals surface area contributed by atoms with Crippen LogP contribution in [-0.4, -0.2) is 61.2 Å². The van der Waals surface area contributed by atoms with Gasteiger partial charge in [0.25, 0.3) is 0 Å². The second kappa shape index (κ2) is 5.85. The summed E-state index contributed by atoms with van der Waals surface area (Å²) in [6, 6.07) is 8.40. The van der Waals surface area contributed by atoms with Gasteiger partial charge in [-0.2, -0.15) is 0 Å². The first-order valence-electron chi connectivity index (χ1n) is 7.30. The molecule has 0 aliphatic carbocycles. The molecule has 1 fully saturated rings. The van der Waals surface area contributed by atoms with Crippen LogP contribution in [0.3, 0.4) is 0 Å². The van der Waals surface area contributed by atoms with Gasteiger partial charge in [-0.1, -0.05) is 6.07 Å². The average molecular weight is 273 g/mol. The fourth-order valence-electron chi connectivity index (χ4n) is 2.89. The molecule has 0 spiro atoms. The molecular formula is C16H23N3O. The van der Waals surface area contributed by atoms with Gasteiger partial charge in [-0.3, -0.25) is 4.90 Å². The molecule has 2 aromatic rings. The van der Waals surface area contributed by atoms with Crippen molar-refractivity contribution in [2.75, 3.05) is 46.9 Å². The van der Waals surface area contributed by atoms with Crippen LogP contribution in [0.25, 0.3) is 10.9 Å². The van der Waals surface area contributed by atoms with Crippen LogP contribution in [0.5, 0.6) is 5.75 Å². The first kappa shape index (κ1) is 13.5. The Morgan fingerprint density at radius 3 is 2.60 bits per heavy atom. The van der Waals surface area contributed by atoms with E-state index in [0.29, 0.717) is 0 Å². The van der Waals surface area contributed by atoms with Crippen molar-refractivity contribution in [3.05, 3.63) is 30.5 Å². The summed E-state index contributed by atoms with van der Waals surface area (Å²) in [6.45, 7) is 6.88. The van der Waals surface area contributed by atoms with Crippen LogP contribution in [0, 0.1) is 0 Å². The van der Waals surface area contributed by atoms with Gasteiger partial charge in [-0.15, -0.1) is 0 Å². The first-order valence-corrected chi connectivity index (χ1v) is 7.30. The third kappa shape index (κ3) is 2.67. The Kier molecular flexibility index (Phi) is 3.94. The summed E-state index contributed by atoms with van der Waals surface area (Å²) in [4.78, 5) is 4.94. The Hall–Kier alpha value is -1.52. The minimum absolute atomic E-state index is 0.959. The van der Waals surface area contributed by atoms with Crippen molar-refractivity contribution in [2.24, 2.45) is 0 Å². The van der Waals surface area contributed by atoms with Crippen LogP contribution in [0.15, 0.2) is 30.5 Å². The van der Waals surface area contributed by atoms with Crippen molar-refractivity contribution >= 4 is 10.9 Å². The summed E-state index contributed by atoms with van der Waals surface area (Å²) in [5.41, 5.74) is 1.26. The molecule has 2 heterocycles. The van der Waals surface area contributed by atoms with Gasteiger partial charge in [0.2, 0.25) is 0 Å². The molecule has 4 nitrogen and oxygen atoms in total. The monoisotopic (exact) mass is 273 g/mol. The summed E-state index contributed by atoms with van der Waals surface area (Å²) in [5.74, 6) is 0.959. The van der Waals surface area contributed by atoms with Crippen molar-refractivity contribution in [1.29, 1.82) is 0 Å². The number of hydrogen-bond acceptors (Lipinski definition) is 3. The van der Waals surface area contributed by atoms with E-state index < -0.39 is 0 Å². The number of likely N-dealkylation sites (N-methyl/N-ethyl adjacent to an activating group) is 1. The highest BCUT2D eigenvalue weighted by Crippen LogP contribution is 2.26. The van der Waals surface area contributed by atoms with Crippen LogP contribution >= 0.6 is 0 Å². The lowest BCUT2D eigenvalue weighted by Gasteiger charge is -2.32. The highest BCUT2D eigenvalue weighted by molar-refractivity contribution is 5.86. The van der Waals surface area contributed by atoms with Gasteiger partial charge in [0.05, 0.1) is 12.6 Å². The Bertz CT molecular complexity index is 570. The zero-order valence-corrected chi connectivity index (χ0v) is 12.4. The summed E-state index contributed by atoms with van der Waals surface area (Å²) < 4.78 is 7.75. The zero-order chi connectivity index (χ0) is 13.9. The first-order chi connectivity index (χ1) is 9.78. The Labute approximate surface area is 120 Å². The maximum atomic E-state index is 5.42. The van der Waals surface area contributed by atoms with Crippen molar-refractivity contribution < 1.29 is 4.74 Å². The molecule has 0 bridgehead atoms. The fourth-order valence-corrected chi connectivity index (χ4v) is 2.89. The van der Waals surface area contributed by atoms with E-state index in [4.69, 9.17) is 4.74 Å². The summed E-state index contributed by atoms with van der Waals surface area (Å²) >= 11 is 0. The molecule has 1 saturated heterocycles. The van der Waals surface area contributed by atoms with Crippen molar-refractivity contribution in [3.63, 3.8) is 0 Å². The lowest BCUT2D eigenvalue weighted by molar-refractivity contribution is 0.150. The van der Waals surface area contributed by atoms with Crippen LogP contribution in [0.2, 0.25) is 0 Å². The van der Waals surface area contributed by atoms with Gasteiger partial charge in [0.15, 0.2) is 0 Å². The SMILES string of the molecule is COc1cccc2c1ccn2CCN1CCN(C)CC1. The molecule has 0 unspecified atom stereocenters. The number of benzene rings is 1. The van der Waals surface area contributed by atoms with E-state index >= 15 is 0 Å². The van der Waals surface area contributed by atoms with E-state index in [1.54, 1.807) is 7.11 Å². The highest BCUT2D eigenvalue weighted by atomic mass is 16.5. The predicted octanol–water partition coefficient (Wildman–Crippen LogP) is 1.90. The van der Waals surface area contributed by atoms with Crippen LogP contribution in [0.4, 0.5) is 0 Å². The molecule has 1 aliphatic heterocycles. The lowest BCUT2D eigenvalue weighted by atomic mass is 10.2. The molecule has 108 valence electrons. The van der Waals surface area contributed by atoms with Crippen LogP contribution in [-0.2, 0) is 6.54 Å². The number of hydrogen-bond donors (Lipinski definition) is 0. The van der Waals surface area contributed by atoms with E-state index in [-0.39, 0.29) is 0 Å². The molecule has 1 aliphatic rings. The zero-order valence-electron chi connectivity index (χ0n) is 12.4. The van der Waals surface area contributed by atoms with E-state index in [1.807, 2.05) is 6.07 Å². The van der Waals surface area contributed by atoms with Crippen molar-refractivity contribution in [2.45, 2.75) is 6.54 Å². The molecule has 0 radical (unpaired) electrons. The summed E-state index contributed by atoms with van der Waals surface area (Å²) in [6.07, 6.45) is 2.17. The second-order valence-corrected chi connectivity index (χ2v) is 5.55. The lowest BCUT2D eigenvalue weighted by Crippen LogP contribution is -2.45.